The van der Waals surface area contributed by atoms with Crippen molar-refractivity contribution in [3.8, 4) is 0 Å². The Labute approximate surface area is 212 Å². The minimum Gasteiger partial charge on any atom is -0.386 e. The Kier molecular flexibility index (Phi) is 15.9. The summed E-state index contributed by atoms with van der Waals surface area (Å²) < 4.78 is 18.7. The average Bonchev–Trinajstić information content (AvgIpc) is 2.87. The first kappa shape index (κ1) is 29.7. The summed E-state index contributed by atoms with van der Waals surface area (Å²) >= 11 is 0. The first-order chi connectivity index (χ1) is 17.1. The van der Waals surface area contributed by atoms with Crippen molar-refractivity contribution in [2.24, 2.45) is 0 Å². The summed E-state index contributed by atoms with van der Waals surface area (Å²) in [5, 5.41) is 14.0. The van der Waals surface area contributed by atoms with Gasteiger partial charge < -0.3 is 15.2 Å². The van der Waals surface area contributed by atoms with E-state index in [9.17, 15) is 14.3 Å². The summed E-state index contributed by atoms with van der Waals surface area (Å²) in [6.07, 6.45) is 16.2. The number of morpholine rings is 1. The molecule has 1 aliphatic rings. The molecule has 6 heteroatoms. The normalized spacial score (nSPS) is 16.2. The lowest BCUT2D eigenvalue weighted by Gasteiger charge is -2.33. The molecule has 2 atom stereocenters. The Morgan fingerprint density at radius 3 is 1.97 bits per heavy atom. The number of ether oxygens (including phenoxy) is 1. The van der Waals surface area contributed by atoms with Gasteiger partial charge in [0.1, 0.15) is 11.9 Å². The van der Waals surface area contributed by atoms with E-state index in [-0.39, 0.29) is 11.7 Å². The molecule has 5 nitrogen and oxygen atoms in total. The molecule has 0 aliphatic carbocycles. The number of aliphatic hydroxyl groups is 1. The van der Waals surface area contributed by atoms with Crippen LogP contribution in [0.15, 0.2) is 24.3 Å². The molecule has 1 saturated heterocycles. The van der Waals surface area contributed by atoms with Crippen LogP contribution in [-0.4, -0.2) is 54.8 Å². The lowest BCUT2D eigenvalue weighted by Crippen LogP contribution is -2.49. The summed E-state index contributed by atoms with van der Waals surface area (Å²) in [7, 11) is 0. The van der Waals surface area contributed by atoms with Gasteiger partial charge in [0.05, 0.1) is 19.3 Å². The Bertz CT molecular complexity index is 664. The quantitative estimate of drug-likeness (QED) is 0.227. The van der Waals surface area contributed by atoms with E-state index >= 15 is 0 Å². The van der Waals surface area contributed by atoms with Crippen molar-refractivity contribution in [1.29, 1.82) is 0 Å². The zero-order valence-corrected chi connectivity index (χ0v) is 22.0. The van der Waals surface area contributed by atoms with E-state index in [1.165, 1.54) is 82.8 Å². The number of aliphatic hydroxyl groups excluding tert-OH is 1. The topological polar surface area (TPSA) is 61.8 Å². The van der Waals surface area contributed by atoms with Gasteiger partial charge in [0.2, 0.25) is 5.91 Å². The van der Waals surface area contributed by atoms with Crippen LogP contribution in [-0.2, 0) is 9.53 Å². The van der Waals surface area contributed by atoms with Crippen molar-refractivity contribution < 1.29 is 19.0 Å². The standard InChI is InChI=1S/C29H49FN2O3/c1-2-3-4-5-6-7-8-9-10-11-12-13-14-15-28(33)31-27(24-32-20-22-35-23-21-32)29(34)25-16-18-26(30)19-17-25/h16-19,27,29,34H,2-15,20-24H2,1H3,(H,31,33)/t27-,29-/m1/s1. The zero-order chi connectivity index (χ0) is 25.1. The molecule has 1 aromatic rings. The molecule has 0 radical (unpaired) electrons. The summed E-state index contributed by atoms with van der Waals surface area (Å²) in [5.41, 5.74) is 0.617. The zero-order valence-electron chi connectivity index (χ0n) is 22.0. The van der Waals surface area contributed by atoms with E-state index in [0.717, 1.165) is 25.9 Å². The molecule has 0 bridgehead atoms. The molecule has 1 amide bonds. The van der Waals surface area contributed by atoms with Crippen molar-refractivity contribution in [1.82, 2.24) is 10.2 Å². The molecular weight excluding hydrogens is 443 g/mol. The van der Waals surface area contributed by atoms with E-state index in [1.54, 1.807) is 12.1 Å². The number of benzene rings is 1. The van der Waals surface area contributed by atoms with Crippen LogP contribution < -0.4 is 5.32 Å². The molecule has 1 heterocycles. The van der Waals surface area contributed by atoms with Crippen molar-refractivity contribution in [3.63, 3.8) is 0 Å². The predicted octanol–water partition coefficient (Wildman–Crippen LogP) is 6.16. The molecule has 0 spiro atoms. The Balaban J connectivity index is 1.62. The van der Waals surface area contributed by atoms with Gasteiger partial charge in [0.25, 0.3) is 0 Å². The fourth-order valence-corrected chi connectivity index (χ4v) is 4.76. The monoisotopic (exact) mass is 492 g/mol. The second-order valence-corrected chi connectivity index (χ2v) is 10.1. The Hall–Kier alpha value is -1.50. The third-order valence-corrected chi connectivity index (χ3v) is 7.01. The number of carbonyl (C=O) groups is 1. The smallest absolute Gasteiger partial charge is 0.220 e. The van der Waals surface area contributed by atoms with Gasteiger partial charge in [0.15, 0.2) is 0 Å². The third-order valence-electron chi connectivity index (χ3n) is 7.01. The van der Waals surface area contributed by atoms with Crippen LogP contribution in [0.2, 0.25) is 0 Å². The van der Waals surface area contributed by atoms with Crippen LogP contribution >= 0.6 is 0 Å². The minimum absolute atomic E-state index is 0.0208. The van der Waals surface area contributed by atoms with Gasteiger partial charge in [0, 0.05) is 26.1 Å². The molecule has 1 fully saturated rings. The fraction of sp³-hybridized carbons (Fsp3) is 0.759. The molecule has 35 heavy (non-hydrogen) atoms. The number of nitrogens with zero attached hydrogens (tertiary/aromatic N) is 1. The highest BCUT2D eigenvalue weighted by molar-refractivity contribution is 5.76. The van der Waals surface area contributed by atoms with Crippen molar-refractivity contribution in [3.05, 3.63) is 35.6 Å². The SMILES string of the molecule is CCCCCCCCCCCCCCCC(=O)N[C@H](CN1CCOCC1)[C@H](O)c1ccc(F)cc1. The molecule has 0 unspecified atom stereocenters. The average molecular weight is 493 g/mol. The molecule has 0 aromatic heterocycles. The highest BCUT2D eigenvalue weighted by Gasteiger charge is 2.26. The van der Waals surface area contributed by atoms with Crippen LogP contribution in [0.1, 0.15) is 108 Å². The first-order valence-electron chi connectivity index (χ1n) is 14.1. The predicted molar refractivity (Wildman–Crippen MR) is 141 cm³/mol. The highest BCUT2D eigenvalue weighted by Crippen LogP contribution is 2.19. The number of hydrogen-bond donors (Lipinski definition) is 2. The molecule has 200 valence electrons. The summed E-state index contributed by atoms with van der Waals surface area (Å²) in [6, 6.07) is 5.43. The van der Waals surface area contributed by atoms with Gasteiger partial charge >= 0.3 is 0 Å². The second-order valence-electron chi connectivity index (χ2n) is 10.1. The highest BCUT2D eigenvalue weighted by atomic mass is 19.1. The maximum absolute atomic E-state index is 13.3. The van der Waals surface area contributed by atoms with Crippen LogP contribution in [0, 0.1) is 5.82 Å². The first-order valence-corrected chi connectivity index (χ1v) is 14.1. The van der Waals surface area contributed by atoms with E-state index in [0.29, 0.717) is 31.7 Å². The molecular formula is C29H49FN2O3. The third kappa shape index (κ3) is 13.4. The summed E-state index contributed by atoms with van der Waals surface area (Å²) in [5.74, 6) is -0.357. The van der Waals surface area contributed by atoms with Gasteiger partial charge in [-0.15, -0.1) is 0 Å². The summed E-state index contributed by atoms with van der Waals surface area (Å²) in [4.78, 5) is 14.9. The van der Waals surface area contributed by atoms with Crippen LogP contribution in [0.4, 0.5) is 4.39 Å². The number of unbranched alkanes of at least 4 members (excludes halogenated alkanes) is 12. The molecule has 1 aliphatic heterocycles. The summed E-state index contributed by atoms with van der Waals surface area (Å²) in [6.45, 7) is 5.68. The number of carbonyl (C=O) groups excluding carboxylic acids is 1. The van der Waals surface area contributed by atoms with Gasteiger partial charge in [-0.2, -0.15) is 0 Å². The Morgan fingerprint density at radius 2 is 1.43 bits per heavy atom. The van der Waals surface area contributed by atoms with Gasteiger partial charge in [-0.1, -0.05) is 96.1 Å². The largest absolute Gasteiger partial charge is 0.386 e. The van der Waals surface area contributed by atoms with Crippen molar-refractivity contribution in [2.75, 3.05) is 32.8 Å². The number of rotatable bonds is 19. The number of halogens is 1. The maximum Gasteiger partial charge on any atom is 0.220 e. The number of amides is 1. The second kappa shape index (κ2) is 18.7. The lowest BCUT2D eigenvalue weighted by molar-refractivity contribution is -0.123. The molecule has 2 rings (SSSR count). The minimum atomic E-state index is -0.881. The van der Waals surface area contributed by atoms with Gasteiger partial charge in [-0.25, -0.2) is 4.39 Å². The van der Waals surface area contributed by atoms with Crippen molar-refractivity contribution in [2.45, 2.75) is 109 Å². The van der Waals surface area contributed by atoms with Crippen LogP contribution in [0.5, 0.6) is 0 Å². The fourth-order valence-electron chi connectivity index (χ4n) is 4.76. The van der Waals surface area contributed by atoms with E-state index in [2.05, 4.69) is 17.1 Å². The number of nitrogens with one attached hydrogen (secondary N) is 1. The molecule has 1 aromatic carbocycles. The van der Waals surface area contributed by atoms with Crippen LogP contribution in [0.25, 0.3) is 0 Å². The van der Waals surface area contributed by atoms with Crippen molar-refractivity contribution >= 4 is 5.91 Å². The van der Waals surface area contributed by atoms with E-state index < -0.39 is 12.1 Å². The molecule has 0 saturated carbocycles. The van der Waals surface area contributed by atoms with Gasteiger partial charge in [-0.3, -0.25) is 9.69 Å². The lowest BCUT2D eigenvalue weighted by atomic mass is 10.0. The molecule has 2 N–H and O–H groups in total. The van der Waals surface area contributed by atoms with E-state index in [1.807, 2.05) is 0 Å². The van der Waals surface area contributed by atoms with Crippen LogP contribution in [0.3, 0.4) is 0 Å². The maximum atomic E-state index is 13.3. The Morgan fingerprint density at radius 1 is 0.914 bits per heavy atom. The number of hydrogen-bond acceptors (Lipinski definition) is 4. The van der Waals surface area contributed by atoms with Gasteiger partial charge in [-0.05, 0) is 24.1 Å². The van der Waals surface area contributed by atoms with E-state index in [4.69, 9.17) is 4.74 Å².